The smallest absolute Gasteiger partial charge is 0.275 e. The Morgan fingerprint density at radius 3 is 2.50 bits per heavy atom. The number of carbonyl (C=O) groups is 1. The van der Waals surface area contributed by atoms with Crippen molar-refractivity contribution >= 4 is 21.8 Å². The molecule has 0 aromatic heterocycles. The molecule has 0 fully saturated rings. The summed E-state index contributed by atoms with van der Waals surface area (Å²) in [7, 11) is 1.65. The Hall–Kier alpha value is -1.85. The maximum Gasteiger partial charge on any atom is 0.275 e. The monoisotopic (exact) mass is 391 g/mol. The molecule has 0 aliphatic carbocycles. The van der Waals surface area contributed by atoms with Gasteiger partial charge in [-0.2, -0.15) is 0 Å². The quantitative estimate of drug-likeness (QED) is 0.761. The highest BCUT2D eigenvalue weighted by molar-refractivity contribution is 9.10. The number of hydrogen-bond donors (Lipinski definition) is 2. The highest BCUT2D eigenvalue weighted by atomic mass is 79.9. The van der Waals surface area contributed by atoms with Gasteiger partial charge in [-0.15, -0.1) is 0 Å². The summed E-state index contributed by atoms with van der Waals surface area (Å²) < 4.78 is 6.16. The largest absolute Gasteiger partial charge is 0.496 e. The second-order valence-electron chi connectivity index (χ2n) is 5.82. The molecule has 4 nitrogen and oxygen atoms in total. The number of benzene rings is 2. The van der Waals surface area contributed by atoms with Crippen LogP contribution in [0, 0.1) is 0 Å². The fourth-order valence-corrected chi connectivity index (χ4v) is 3.07. The van der Waals surface area contributed by atoms with E-state index in [4.69, 9.17) is 4.74 Å². The van der Waals surface area contributed by atoms with Crippen molar-refractivity contribution in [3.8, 4) is 5.75 Å². The molecule has 1 amide bonds. The molecule has 5 heteroatoms. The molecule has 0 bridgehead atoms. The molecule has 0 unspecified atom stereocenters. The molecule has 0 radical (unpaired) electrons. The van der Waals surface area contributed by atoms with E-state index in [0.29, 0.717) is 6.54 Å². The third kappa shape index (κ3) is 5.08. The standard InChI is InChI=1S/C19H23BrN2O2/c1-13(16-9-10-18(24-3)17(20)11-16)21-12-19(23)22-14(2)15-7-5-4-6-8-15/h4-11,13-14,21H,12H2,1-3H3,(H,22,23)/p+1/t13-,14+/m1/s1. The van der Waals surface area contributed by atoms with E-state index in [0.717, 1.165) is 21.3 Å². The van der Waals surface area contributed by atoms with Crippen molar-refractivity contribution in [2.75, 3.05) is 13.7 Å². The summed E-state index contributed by atoms with van der Waals surface area (Å²) in [5, 5.41) is 5.06. The maximum atomic E-state index is 12.2. The lowest BCUT2D eigenvalue weighted by Gasteiger charge is -2.16. The molecule has 3 N–H and O–H groups in total. The Morgan fingerprint density at radius 2 is 1.88 bits per heavy atom. The van der Waals surface area contributed by atoms with Crippen molar-refractivity contribution in [3.05, 3.63) is 64.1 Å². The SMILES string of the molecule is COc1ccc([C@@H](C)[NH2+]CC(=O)N[C@@H](C)c2ccccc2)cc1Br. The molecule has 2 aromatic carbocycles. The topological polar surface area (TPSA) is 54.9 Å². The molecule has 2 atom stereocenters. The van der Waals surface area contributed by atoms with Gasteiger partial charge in [0.15, 0.2) is 6.54 Å². The van der Waals surface area contributed by atoms with Crippen molar-refractivity contribution < 1.29 is 14.8 Å². The molecular weight excluding hydrogens is 368 g/mol. The zero-order chi connectivity index (χ0) is 17.5. The highest BCUT2D eigenvalue weighted by Crippen LogP contribution is 2.27. The van der Waals surface area contributed by atoms with E-state index in [2.05, 4.69) is 28.2 Å². The Bertz CT molecular complexity index is 676. The van der Waals surface area contributed by atoms with Crippen LogP contribution in [0.2, 0.25) is 0 Å². The molecule has 0 aliphatic rings. The number of hydrogen-bond acceptors (Lipinski definition) is 2. The van der Waals surface area contributed by atoms with Crippen LogP contribution in [0.15, 0.2) is 53.0 Å². The van der Waals surface area contributed by atoms with Crippen LogP contribution in [0.1, 0.15) is 37.1 Å². The number of carbonyl (C=O) groups excluding carboxylic acids is 1. The van der Waals surface area contributed by atoms with Gasteiger partial charge >= 0.3 is 0 Å². The summed E-state index contributed by atoms with van der Waals surface area (Å²) in [5.41, 5.74) is 2.25. The Balaban J connectivity index is 1.86. The number of nitrogens with two attached hydrogens (primary N) is 1. The van der Waals surface area contributed by atoms with E-state index in [1.54, 1.807) is 7.11 Å². The number of amides is 1. The predicted octanol–water partition coefficient (Wildman–Crippen LogP) is 2.96. The van der Waals surface area contributed by atoms with Gasteiger partial charge in [-0.1, -0.05) is 30.3 Å². The summed E-state index contributed by atoms with van der Waals surface area (Å²) in [4.78, 5) is 12.2. The summed E-state index contributed by atoms with van der Waals surface area (Å²) in [6.07, 6.45) is 0. The molecule has 0 saturated carbocycles. The Kier molecular flexibility index (Phi) is 6.82. The van der Waals surface area contributed by atoms with Gasteiger partial charge in [0.25, 0.3) is 5.91 Å². The zero-order valence-corrected chi connectivity index (χ0v) is 15.8. The summed E-state index contributed by atoms with van der Waals surface area (Å²) in [6, 6.07) is 16.2. The first-order valence-electron chi connectivity index (χ1n) is 8.02. The number of ether oxygens (including phenoxy) is 1. The average molecular weight is 392 g/mol. The lowest BCUT2D eigenvalue weighted by Crippen LogP contribution is -2.87. The van der Waals surface area contributed by atoms with E-state index in [-0.39, 0.29) is 18.0 Å². The van der Waals surface area contributed by atoms with Crippen molar-refractivity contribution in [1.82, 2.24) is 5.32 Å². The van der Waals surface area contributed by atoms with E-state index < -0.39 is 0 Å². The van der Waals surface area contributed by atoms with Gasteiger partial charge in [0.2, 0.25) is 0 Å². The van der Waals surface area contributed by atoms with Gasteiger partial charge in [-0.3, -0.25) is 4.79 Å². The lowest BCUT2D eigenvalue weighted by atomic mass is 10.1. The third-order valence-electron chi connectivity index (χ3n) is 4.04. The molecule has 24 heavy (non-hydrogen) atoms. The van der Waals surface area contributed by atoms with E-state index >= 15 is 0 Å². The van der Waals surface area contributed by atoms with Crippen LogP contribution < -0.4 is 15.4 Å². The molecule has 0 spiro atoms. The van der Waals surface area contributed by atoms with Crippen molar-refractivity contribution in [3.63, 3.8) is 0 Å². The third-order valence-corrected chi connectivity index (χ3v) is 4.66. The van der Waals surface area contributed by atoms with Crippen LogP contribution in [0.3, 0.4) is 0 Å². The van der Waals surface area contributed by atoms with Crippen molar-refractivity contribution in [1.29, 1.82) is 0 Å². The highest BCUT2D eigenvalue weighted by Gasteiger charge is 2.15. The minimum absolute atomic E-state index is 0.0116. The molecule has 0 heterocycles. The first-order valence-corrected chi connectivity index (χ1v) is 8.81. The van der Waals surface area contributed by atoms with Gasteiger partial charge in [0.05, 0.1) is 17.6 Å². The number of nitrogens with one attached hydrogen (secondary N) is 1. The van der Waals surface area contributed by atoms with Crippen LogP contribution in [-0.4, -0.2) is 19.6 Å². The molecule has 2 rings (SSSR count). The first kappa shape index (κ1) is 18.5. The Labute approximate surface area is 151 Å². The minimum atomic E-state index is 0.0116. The summed E-state index contributed by atoms with van der Waals surface area (Å²) >= 11 is 3.50. The van der Waals surface area contributed by atoms with Gasteiger partial charge in [-0.05, 0) is 53.5 Å². The first-order chi connectivity index (χ1) is 11.5. The van der Waals surface area contributed by atoms with E-state index in [1.807, 2.05) is 60.8 Å². The van der Waals surface area contributed by atoms with E-state index in [1.165, 1.54) is 0 Å². The minimum Gasteiger partial charge on any atom is -0.496 e. The molecule has 0 aliphatic heterocycles. The number of methoxy groups -OCH3 is 1. The molecular formula is C19H24BrN2O2+. The lowest BCUT2D eigenvalue weighted by molar-refractivity contribution is -0.682. The second-order valence-corrected chi connectivity index (χ2v) is 6.68. The fraction of sp³-hybridized carbons (Fsp3) is 0.316. The summed E-state index contributed by atoms with van der Waals surface area (Å²) in [5.74, 6) is 0.839. The number of halogens is 1. The summed E-state index contributed by atoms with van der Waals surface area (Å²) in [6.45, 7) is 4.47. The van der Waals surface area contributed by atoms with Crippen molar-refractivity contribution in [2.24, 2.45) is 0 Å². The van der Waals surface area contributed by atoms with Crippen LogP contribution in [0.5, 0.6) is 5.75 Å². The van der Waals surface area contributed by atoms with Crippen LogP contribution in [-0.2, 0) is 4.79 Å². The number of quaternary nitrogens is 1. The Morgan fingerprint density at radius 1 is 1.17 bits per heavy atom. The number of rotatable bonds is 7. The van der Waals surface area contributed by atoms with E-state index in [9.17, 15) is 4.79 Å². The molecule has 2 aromatic rings. The normalized spacial score (nSPS) is 13.2. The predicted molar refractivity (Wildman–Crippen MR) is 98.9 cm³/mol. The van der Waals surface area contributed by atoms with Gasteiger partial charge in [-0.25, -0.2) is 0 Å². The second kappa shape index (κ2) is 8.85. The maximum absolute atomic E-state index is 12.2. The van der Waals surface area contributed by atoms with Crippen molar-refractivity contribution in [2.45, 2.75) is 25.9 Å². The van der Waals surface area contributed by atoms with Gasteiger partial charge < -0.3 is 15.4 Å². The van der Waals surface area contributed by atoms with Crippen LogP contribution in [0.4, 0.5) is 0 Å². The van der Waals surface area contributed by atoms with Gasteiger partial charge in [0.1, 0.15) is 11.8 Å². The van der Waals surface area contributed by atoms with Crippen LogP contribution >= 0.6 is 15.9 Å². The zero-order valence-electron chi connectivity index (χ0n) is 14.3. The molecule has 0 saturated heterocycles. The fourth-order valence-electron chi connectivity index (χ4n) is 2.51. The average Bonchev–Trinajstić information content (AvgIpc) is 2.60. The van der Waals surface area contributed by atoms with Gasteiger partial charge in [0, 0.05) is 5.56 Å². The van der Waals surface area contributed by atoms with Crippen LogP contribution in [0.25, 0.3) is 0 Å². The molecule has 128 valence electrons.